The summed E-state index contributed by atoms with van der Waals surface area (Å²) < 4.78 is 14.2. The molecule has 2 N–H and O–H groups in total. The molecule has 0 bridgehead atoms. The second kappa shape index (κ2) is 7.96. The summed E-state index contributed by atoms with van der Waals surface area (Å²) in [7, 11) is 2.76. The number of aryl methyl sites for hydroxylation is 1. The van der Waals surface area contributed by atoms with Gasteiger partial charge in [0.2, 0.25) is 17.4 Å². The molecule has 9 nitrogen and oxygen atoms in total. The highest BCUT2D eigenvalue weighted by molar-refractivity contribution is 5.99. The summed E-state index contributed by atoms with van der Waals surface area (Å²) in [5, 5.41) is 22.7. The molecule has 2 aromatic carbocycles. The topological polar surface area (TPSA) is 120 Å². The average Bonchev–Trinajstić information content (AvgIpc) is 3.18. The molecule has 0 spiro atoms. The Balaban J connectivity index is 1.67. The van der Waals surface area contributed by atoms with Crippen molar-refractivity contribution < 1.29 is 24.0 Å². The minimum Gasteiger partial charge on any atom is -0.363 e. The molecular formula is C23H23FN4O5. The van der Waals surface area contributed by atoms with Crippen molar-refractivity contribution in [2.45, 2.75) is 31.5 Å². The number of amides is 2. The molecule has 0 aliphatic carbocycles. The fourth-order valence-electron chi connectivity index (χ4n) is 4.34. The second-order valence-electron chi connectivity index (χ2n) is 8.40. The molecule has 0 unspecified atom stereocenters. The maximum Gasteiger partial charge on any atom is 0.314 e. The minimum absolute atomic E-state index is 0.0526. The number of carbonyl (C=O) groups is 2. The smallest absolute Gasteiger partial charge is 0.314 e. The van der Waals surface area contributed by atoms with Crippen LogP contribution in [0.1, 0.15) is 16.7 Å². The van der Waals surface area contributed by atoms with E-state index in [-0.39, 0.29) is 18.2 Å². The Kier molecular flexibility index (Phi) is 5.41. The van der Waals surface area contributed by atoms with Gasteiger partial charge in [0.1, 0.15) is 6.04 Å². The van der Waals surface area contributed by atoms with Gasteiger partial charge in [0.25, 0.3) is 5.91 Å². The zero-order valence-corrected chi connectivity index (χ0v) is 18.3. The van der Waals surface area contributed by atoms with Crippen LogP contribution in [0.4, 0.5) is 10.1 Å². The number of halogens is 1. The molecule has 3 aromatic rings. The number of nitro groups is 1. The number of nitro benzene ring substituents is 1. The number of carbonyl (C=O) groups excluding carboxylic acids is 2. The second-order valence-corrected chi connectivity index (χ2v) is 8.40. The molecule has 1 aliphatic rings. The maximum absolute atomic E-state index is 14.2. The molecule has 0 saturated carbocycles. The molecule has 1 aromatic heterocycles. The van der Waals surface area contributed by atoms with Crippen LogP contribution < -0.4 is 0 Å². The molecular weight excluding hydrogens is 431 g/mol. The molecule has 1 saturated heterocycles. The predicted octanol–water partition coefficient (Wildman–Crippen LogP) is 2.30. The summed E-state index contributed by atoms with van der Waals surface area (Å²) in [5.41, 5.74) is -0.385. The van der Waals surface area contributed by atoms with Crippen LogP contribution in [-0.2, 0) is 22.4 Å². The van der Waals surface area contributed by atoms with Crippen molar-refractivity contribution in [2.75, 3.05) is 14.1 Å². The van der Waals surface area contributed by atoms with Crippen molar-refractivity contribution in [3.8, 4) is 0 Å². The number of piperazine rings is 1. The lowest BCUT2D eigenvalue weighted by molar-refractivity contribution is -0.385. The number of aromatic nitrogens is 1. The highest BCUT2D eigenvalue weighted by Crippen LogP contribution is 2.34. The summed E-state index contributed by atoms with van der Waals surface area (Å²) in [5.74, 6) is -2.19. The van der Waals surface area contributed by atoms with Gasteiger partial charge in [-0.15, -0.1) is 0 Å². The van der Waals surface area contributed by atoms with Gasteiger partial charge in [0.15, 0.2) is 0 Å². The van der Waals surface area contributed by atoms with E-state index in [4.69, 9.17) is 0 Å². The highest BCUT2D eigenvalue weighted by atomic mass is 19.1. The summed E-state index contributed by atoms with van der Waals surface area (Å²) >= 11 is 0. The van der Waals surface area contributed by atoms with Crippen LogP contribution in [0, 0.1) is 22.9 Å². The lowest BCUT2D eigenvalue weighted by Gasteiger charge is -2.47. The number of rotatable bonds is 5. The van der Waals surface area contributed by atoms with Crippen molar-refractivity contribution in [2.24, 2.45) is 0 Å². The van der Waals surface area contributed by atoms with Crippen LogP contribution in [0.25, 0.3) is 10.9 Å². The molecule has 4 rings (SSSR count). The number of nitrogens with one attached hydrogen (secondary N) is 1. The summed E-state index contributed by atoms with van der Waals surface area (Å²) in [6, 6.07) is 8.62. The molecule has 2 heterocycles. The monoisotopic (exact) mass is 454 g/mol. The van der Waals surface area contributed by atoms with Gasteiger partial charge in [-0.3, -0.25) is 19.7 Å². The lowest BCUT2D eigenvalue weighted by atomic mass is 9.92. The fourth-order valence-corrected chi connectivity index (χ4v) is 4.34. The van der Waals surface area contributed by atoms with Gasteiger partial charge >= 0.3 is 5.69 Å². The third-order valence-electron chi connectivity index (χ3n) is 6.32. The third-order valence-corrected chi connectivity index (χ3v) is 6.32. The van der Waals surface area contributed by atoms with E-state index in [9.17, 15) is 29.2 Å². The first-order valence-electron chi connectivity index (χ1n) is 10.3. The quantitative estimate of drug-likeness (QED) is 0.453. The van der Waals surface area contributed by atoms with Gasteiger partial charge in [0.05, 0.1) is 15.8 Å². The Morgan fingerprint density at radius 1 is 1.18 bits per heavy atom. The molecule has 2 atom stereocenters. The first-order valence-corrected chi connectivity index (χ1v) is 10.3. The third kappa shape index (κ3) is 3.62. The number of aromatic amines is 1. The number of H-pyrrole nitrogens is 1. The van der Waals surface area contributed by atoms with Crippen molar-refractivity contribution in [1.82, 2.24) is 14.8 Å². The Bertz CT molecular complexity index is 1270. The van der Waals surface area contributed by atoms with Crippen molar-refractivity contribution in [3.63, 3.8) is 0 Å². The standard InChI is InChI=1S/C23H23FN4O5/c1-13-4-6-14(7-5-13)11-23(31)22(30)26(2)18(21(29)27(23)3)10-15-12-25-17-9-8-16(24)20(19(15)17)28(32)33/h4-9,12,18,25,31H,10-11H2,1-3H3/t18-,23+/m0/s1. The zero-order chi connectivity index (χ0) is 24.1. The van der Waals surface area contributed by atoms with Gasteiger partial charge < -0.3 is 19.9 Å². The summed E-state index contributed by atoms with van der Waals surface area (Å²) in [6.07, 6.45) is 1.29. The van der Waals surface area contributed by atoms with Crippen LogP contribution in [0.15, 0.2) is 42.6 Å². The Morgan fingerprint density at radius 3 is 2.48 bits per heavy atom. The number of hydrogen-bond acceptors (Lipinski definition) is 5. The molecule has 33 heavy (non-hydrogen) atoms. The number of hydrogen-bond donors (Lipinski definition) is 2. The minimum atomic E-state index is -2.07. The first-order chi connectivity index (χ1) is 15.5. The molecule has 2 amide bonds. The normalized spacial score (nSPS) is 21.2. The van der Waals surface area contributed by atoms with E-state index in [1.54, 1.807) is 12.1 Å². The number of nitrogens with zero attached hydrogens (tertiary/aromatic N) is 3. The average molecular weight is 454 g/mol. The van der Waals surface area contributed by atoms with Crippen LogP contribution in [-0.4, -0.2) is 62.5 Å². The van der Waals surface area contributed by atoms with E-state index < -0.39 is 40.0 Å². The SMILES string of the molecule is Cc1ccc(C[C@@]2(O)C(=O)N(C)[C@@H](Cc3c[nH]c4ccc(F)c([N+](=O)[O-])c34)C(=O)N2C)cc1. The van der Waals surface area contributed by atoms with Crippen LogP contribution in [0.5, 0.6) is 0 Å². The molecule has 0 radical (unpaired) electrons. The van der Waals surface area contributed by atoms with E-state index >= 15 is 0 Å². The molecule has 10 heteroatoms. The predicted molar refractivity (Wildman–Crippen MR) is 118 cm³/mol. The van der Waals surface area contributed by atoms with Crippen molar-refractivity contribution in [1.29, 1.82) is 0 Å². The van der Waals surface area contributed by atoms with Crippen molar-refractivity contribution >= 4 is 28.4 Å². The largest absolute Gasteiger partial charge is 0.363 e. The maximum atomic E-state index is 14.2. The summed E-state index contributed by atoms with van der Waals surface area (Å²) in [6.45, 7) is 1.92. The van der Waals surface area contributed by atoms with Gasteiger partial charge in [-0.05, 0) is 30.2 Å². The van der Waals surface area contributed by atoms with Crippen LogP contribution in [0.3, 0.4) is 0 Å². The Labute approximate surface area is 188 Å². The number of aliphatic hydroxyl groups is 1. The number of likely N-dealkylation sites (N-methyl/N-ethyl adjacent to an activating group) is 2. The van der Waals surface area contributed by atoms with E-state index in [1.165, 1.54) is 26.4 Å². The van der Waals surface area contributed by atoms with E-state index in [0.717, 1.165) is 21.4 Å². The van der Waals surface area contributed by atoms with Crippen LogP contribution >= 0.6 is 0 Å². The van der Waals surface area contributed by atoms with Gasteiger partial charge in [0, 0.05) is 33.1 Å². The Hall–Kier alpha value is -3.79. The fraction of sp³-hybridized carbons (Fsp3) is 0.304. The molecule has 1 fully saturated rings. The van der Waals surface area contributed by atoms with Gasteiger partial charge in [-0.25, -0.2) is 0 Å². The molecule has 1 aliphatic heterocycles. The van der Waals surface area contributed by atoms with E-state index in [2.05, 4.69) is 4.98 Å². The number of fused-ring (bicyclic) bond motifs is 1. The van der Waals surface area contributed by atoms with Gasteiger partial charge in [-0.1, -0.05) is 29.8 Å². The number of benzene rings is 2. The molecule has 172 valence electrons. The van der Waals surface area contributed by atoms with Crippen molar-refractivity contribution in [3.05, 3.63) is 75.2 Å². The first kappa shape index (κ1) is 22.4. The highest BCUT2D eigenvalue weighted by Gasteiger charge is 2.53. The van der Waals surface area contributed by atoms with E-state index in [0.29, 0.717) is 16.6 Å². The van der Waals surface area contributed by atoms with Gasteiger partial charge in [-0.2, -0.15) is 4.39 Å². The van der Waals surface area contributed by atoms with Crippen LogP contribution in [0.2, 0.25) is 0 Å². The summed E-state index contributed by atoms with van der Waals surface area (Å²) in [4.78, 5) is 42.1. The Morgan fingerprint density at radius 2 is 1.85 bits per heavy atom. The van der Waals surface area contributed by atoms with E-state index in [1.807, 2.05) is 19.1 Å². The lowest BCUT2D eigenvalue weighted by Crippen LogP contribution is -2.70. The zero-order valence-electron chi connectivity index (χ0n) is 18.3.